The Morgan fingerprint density at radius 1 is 1.24 bits per heavy atom. The number of nitrogens with zero attached hydrogens (tertiary/aromatic N) is 1. The van der Waals surface area contributed by atoms with Crippen LogP contribution in [0, 0.1) is 0 Å². The summed E-state index contributed by atoms with van der Waals surface area (Å²) in [5, 5.41) is 2.78. The van der Waals surface area contributed by atoms with Gasteiger partial charge in [0.05, 0.1) is 6.04 Å². The van der Waals surface area contributed by atoms with E-state index >= 15 is 0 Å². The lowest BCUT2D eigenvalue weighted by Gasteiger charge is -2.32. The first-order valence-electron chi connectivity index (χ1n) is 6.86. The Kier molecular flexibility index (Phi) is 3.52. The zero-order valence-electron chi connectivity index (χ0n) is 11.2. The highest BCUT2D eigenvalue weighted by Gasteiger charge is 2.43. The lowest BCUT2D eigenvalue weighted by molar-refractivity contribution is -0.275. The summed E-state index contributed by atoms with van der Waals surface area (Å²) in [4.78, 5) is 13.9. The average Bonchev–Trinajstić information content (AvgIpc) is 2.76. The molecule has 3 rings (SSSR count). The van der Waals surface area contributed by atoms with E-state index in [4.69, 9.17) is 0 Å². The van der Waals surface area contributed by atoms with Crippen LogP contribution in [0.15, 0.2) is 24.3 Å². The third kappa shape index (κ3) is 2.83. The molecule has 0 aliphatic carbocycles. The molecule has 0 bridgehead atoms. The topological polar surface area (TPSA) is 41.6 Å². The standard InChI is InChI=1S/C14H15F3N2O2/c15-14(16,17)21-11-7-2-1-5-9(11)12-18-13(20)10-6-3-4-8-19(10)12/h1-2,5,7,10,12H,3-4,6,8H2,(H,18,20). The Balaban J connectivity index is 1.91. The zero-order chi connectivity index (χ0) is 15.0. The van der Waals surface area contributed by atoms with Crippen molar-refractivity contribution in [2.75, 3.05) is 6.54 Å². The Bertz CT molecular complexity index is 547. The van der Waals surface area contributed by atoms with Crippen LogP contribution >= 0.6 is 0 Å². The molecular formula is C14H15F3N2O2. The van der Waals surface area contributed by atoms with E-state index < -0.39 is 12.5 Å². The van der Waals surface area contributed by atoms with E-state index in [1.165, 1.54) is 12.1 Å². The maximum Gasteiger partial charge on any atom is 0.573 e. The molecule has 2 heterocycles. The van der Waals surface area contributed by atoms with Gasteiger partial charge in [0.15, 0.2) is 0 Å². The summed E-state index contributed by atoms with van der Waals surface area (Å²) in [7, 11) is 0. The van der Waals surface area contributed by atoms with Gasteiger partial charge in [0, 0.05) is 12.1 Å². The number of rotatable bonds is 2. The summed E-state index contributed by atoms with van der Waals surface area (Å²) in [6.45, 7) is 0.689. The number of halogens is 3. The molecule has 2 unspecified atom stereocenters. The fourth-order valence-electron chi connectivity index (χ4n) is 3.04. The highest BCUT2D eigenvalue weighted by atomic mass is 19.4. The molecule has 1 N–H and O–H groups in total. The van der Waals surface area contributed by atoms with Crippen molar-refractivity contribution in [2.24, 2.45) is 0 Å². The van der Waals surface area contributed by atoms with Crippen molar-refractivity contribution in [1.82, 2.24) is 10.2 Å². The first kappa shape index (κ1) is 14.2. The minimum Gasteiger partial charge on any atom is -0.405 e. The molecule has 0 spiro atoms. The van der Waals surface area contributed by atoms with Gasteiger partial charge < -0.3 is 10.1 Å². The molecule has 0 radical (unpaired) electrons. The number of carbonyl (C=O) groups excluding carboxylic acids is 1. The summed E-state index contributed by atoms with van der Waals surface area (Å²) in [5.41, 5.74) is 0.340. The highest BCUT2D eigenvalue weighted by molar-refractivity contribution is 5.84. The molecule has 2 aliphatic rings. The van der Waals surface area contributed by atoms with Crippen molar-refractivity contribution < 1.29 is 22.7 Å². The number of hydrogen-bond donors (Lipinski definition) is 1. The molecule has 2 aliphatic heterocycles. The minimum atomic E-state index is -4.75. The molecule has 4 nitrogen and oxygen atoms in total. The molecule has 1 aromatic rings. The van der Waals surface area contributed by atoms with Crippen LogP contribution in [0.3, 0.4) is 0 Å². The van der Waals surface area contributed by atoms with Gasteiger partial charge in [-0.25, -0.2) is 0 Å². The molecule has 2 saturated heterocycles. The lowest BCUT2D eigenvalue weighted by atomic mass is 10.0. The van der Waals surface area contributed by atoms with Crippen LogP contribution in [0.25, 0.3) is 0 Å². The third-order valence-electron chi connectivity index (χ3n) is 3.90. The summed E-state index contributed by atoms with van der Waals surface area (Å²) < 4.78 is 41.6. The van der Waals surface area contributed by atoms with Gasteiger partial charge in [0.1, 0.15) is 11.9 Å². The summed E-state index contributed by atoms with van der Waals surface area (Å²) >= 11 is 0. The van der Waals surface area contributed by atoms with Crippen LogP contribution in [0.2, 0.25) is 0 Å². The normalized spacial score (nSPS) is 26.3. The zero-order valence-corrected chi connectivity index (χ0v) is 11.2. The van der Waals surface area contributed by atoms with Gasteiger partial charge in [-0.1, -0.05) is 24.6 Å². The van der Waals surface area contributed by atoms with Gasteiger partial charge in [0.25, 0.3) is 0 Å². The Morgan fingerprint density at radius 2 is 2.00 bits per heavy atom. The summed E-state index contributed by atoms with van der Waals surface area (Å²) in [5.74, 6) is -0.386. The van der Waals surface area contributed by atoms with Gasteiger partial charge in [-0.2, -0.15) is 0 Å². The van der Waals surface area contributed by atoms with E-state index in [0.717, 1.165) is 19.3 Å². The van der Waals surface area contributed by atoms with E-state index in [2.05, 4.69) is 10.1 Å². The quantitative estimate of drug-likeness (QED) is 0.912. The van der Waals surface area contributed by atoms with Crippen LogP contribution < -0.4 is 10.1 Å². The van der Waals surface area contributed by atoms with Crippen LogP contribution in [0.4, 0.5) is 13.2 Å². The summed E-state index contributed by atoms with van der Waals surface area (Å²) in [6.07, 6.45) is -2.67. The van der Waals surface area contributed by atoms with Gasteiger partial charge in [-0.3, -0.25) is 9.69 Å². The van der Waals surface area contributed by atoms with E-state index in [1.54, 1.807) is 12.1 Å². The second-order valence-electron chi connectivity index (χ2n) is 5.25. The first-order valence-corrected chi connectivity index (χ1v) is 6.86. The number of para-hydroxylation sites is 1. The minimum absolute atomic E-state index is 0.124. The van der Waals surface area contributed by atoms with Gasteiger partial charge in [0.2, 0.25) is 5.91 Å². The monoisotopic (exact) mass is 300 g/mol. The molecule has 1 aromatic carbocycles. The number of piperidine rings is 1. The fraction of sp³-hybridized carbons (Fsp3) is 0.500. The average molecular weight is 300 g/mol. The molecule has 7 heteroatoms. The molecule has 114 valence electrons. The van der Waals surface area contributed by atoms with Crippen LogP contribution in [0.1, 0.15) is 31.0 Å². The maximum atomic E-state index is 12.5. The van der Waals surface area contributed by atoms with Crippen molar-refractivity contribution in [3.05, 3.63) is 29.8 Å². The van der Waals surface area contributed by atoms with E-state index in [-0.39, 0.29) is 17.7 Å². The number of hydrogen-bond acceptors (Lipinski definition) is 3. The van der Waals surface area contributed by atoms with Crippen molar-refractivity contribution in [2.45, 2.75) is 37.8 Å². The smallest absolute Gasteiger partial charge is 0.405 e. The molecule has 21 heavy (non-hydrogen) atoms. The van der Waals surface area contributed by atoms with Crippen LogP contribution in [-0.2, 0) is 4.79 Å². The predicted octanol–water partition coefficient (Wildman–Crippen LogP) is 2.57. The highest BCUT2D eigenvalue weighted by Crippen LogP contribution is 2.37. The molecule has 0 saturated carbocycles. The fourth-order valence-corrected chi connectivity index (χ4v) is 3.04. The molecule has 2 atom stereocenters. The second kappa shape index (κ2) is 5.22. The lowest BCUT2D eigenvalue weighted by Crippen LogP contribution is -2.38. The van der Waals surface area contributed by atoms with Crippen molar-refractivity contribution in [3.63, 3.8) is 0 Å². The number of alkyl halides is 3. The van der Waals surface area contributed by atoms with Gasteiger partial charge in [-0.15, -0.1) is 13.2 Å². The number of nitrogens with one attached hydrogen (secondary N) is 1. The van der Waals surface area contributed by atoms with E-state index in [9.17, 15) is 18.0 Å². The number of benzene rings is 1. The van der Waals surface area contributed by atoms with Gasteiger partial charge >= 0.3 is 6.36 Å². The Labute approximate surface area is 119 Å². The molecule has 1 amide bonds. The Morgan fingerprint density at radius 3 is 2.76 bits per heavy atom. The van der Waals surface area contributed by atoms with Crippen molar-refractivity contribution in [1.29, 1.82) is 0 Å². The number of amides is 1. The number of carbonyl (C=O) groups is 1. The van der Waals surface area contributed by atoms with Crippen molar-refractivity contribution in [3.8, 4) is 5.75 Å². The van der Waals surface area contributed by atoms with E-state index in [1.807, 2.05) is 4.90 Å². The first-order chi connectivity index (χ1) is 9.96. The largest absolute Gasteiger partial charge is 0.573 e. The molecule has 0 aromatic heterocycles. The summed E-state index contributed by atoms with van der Waals surface area (Å²) in [6, 6.07) is 5.70. The van der Waals surface area contributed by atoms with Crippen LogP contribution in [0.5, 0.6) is 5.75 Å². The van der Waals surface area contributed by atoms with Gasteiger partial charge in [-0.05, 0) is 18.9 Å². The van der Waals surface area contributed by atoms with E-state index in [0.29, 0.717) is 12.1 Å². The third-order valence-corrected chi connectivity index (χ3v) is 3.90. The predicted molar refractivity (Wildman–Crippen MR) is 68.4 cm³/mol. The SMILES string of the molecule is O=C1NC(c2ccccc2OC(F)(F)F)N2CCCCC12. The molecular weight excluding hydrogens is 285 g/mol. The van der Waals surface area contributed by atoms with Crippen molar-refractivity contribution >= 4 is 5.91 Å². The number of fused-ring (bicyclic) bond motifs is 1. The molecule has 2 fully saturated rings. The second-order valence-corrected chi connectivity index (χ2v) is 5.25. The van der Waals surface area contributed by atoms with Crippen LogP contribution in [-0.4, -0.2) is 29.8 Å². The number of ether oxygens (including phenoxy) is 1. The Hall–Kier alpha value is -1.76. The maximum absolute atomic E-state index is 12.5.